The van der Waals surface area contributed by atoms with Crippen molar-refractivity contribution in [2.75, 3.05) is 26.0 Å². The number of nitrogens with zero attached hydrogens (tertiary/aromatic N) is 3. The molecule has 1 aromatic carbocycles. The molecule has 0 saturated carbocycles. The van der Waals surface area contributed by atoms with Gasteiger partial charge in [0.25, 0.3) is 0 Å². The first-order chi connectivity index (χ1) is 12.6. The van der Waals surface area contributed by atoms with Crippen LogP contribution in [0.5, 0.6) is 0 Å². The van der Waals surface area contributed by atoms with E-state index in [1.165, 1.54) is 11.3 Å². The minimum atomic E-state index is -0.132. The van der Waals surface area contributed by atoms with E-state index in [1.807, 2.05) is 56.6 Å². The fraction of sp³-hybridized carbons (Fsp3) is 0.316. The third-order valence-corrected chi connectivity index (χ3v) is 4.86. The number of carbonyl (C=O) groups excluding carboxylic acids is 1. The van der Waals surface area contributed by atoms with Gasteiger partial charge in [-0.25, -0.2) is 0 Å². The molecule has 1 unspecified atom stereocenters. The van der Waals surface area contributed by atoms with Gasteiger partial charge >= 0.3 is 0 Å². The quantitative estimate of drug-likeness (QED) is 0.658. The van der Waals surface area contributed by atoms with E-state index in [1.54, 1.807) is 6.26 Å². The Morgan fingerprint density at radius 2 is 2.00 bits per heavy atom. The average Bonchev–Trinajstić information content (AvgIpc) is 3.30. The summed E-state index contributed by atoms with van der Waals surface area (Å²) in [6.07, 6.45) is 2.73. The van der Waals surface area contributed by atoms with Crippen molar-refractivity contribution in [1.29, 1.82) is 0 Å². The number of anilines is 1. The van der Waals surface area contributed by atoms with Crippen LogP contribution in [0.2, 0.25) is 0 Å². The number of aromatic nitrogens is 2. The Morgan fingerprint density at radius 1 is 1.19 bits per heavy atom. The highest BCUT2D eigenvalue weighted by atomic mass is 32.1. The number of benzene rings is 1. The molecule has 0 aliphatic carbocycles. The summed E-state index contributed by atoms with van der Waals surface area (Å²) in [6, 6.07) is 13.6. The summed E-state index contributed by atoms with van der Waals surface area (Å²) in [4.78, 5) is 14.6. The molecule has 26 heavy (non-hydrogen) atoms. The summed E-state index contributed by atoms with van der Waals surface area (Å²) in [7, 11) is 4.03. The number of hydrogen-bond acceptors (Lipinski definition) is 6. The zero-order chi connectivity index (χ0) is 18.4. The molecule has 6 nitrogen and oxygen atoms in total. The van der Waals surface area contributed by atoms with E-state index >= 15 is 0 Å². The minimum Gasteiger partial charge on any atom is -0.469 e. The van der Waals surface area contributed by atoms with Gasteiger partial charge in [0.05, 0.1) is 12.2 Å². The zero-order valence-corrected chi connectivity index (χ0v) is 15.7. The largest absolute Gasteiger partial charge is 0.469 e. The summed E-state index contributed by atoms with van der Waals surface area (Å²) < 4.78 is 5.55. The molecule has 0 spiro atoms. The molecule has 0 aliphatic rings. The maximum atomic E-state index is 12.5. The van der Waals surface area contributed by atoms with Crippen molar-refractivity contribution >= 4 is 22.4 Å². The Bertz CT molecular complexity index is 815. The molecule has 7 heteroatoms. The summed E-state index contributed by atoms with van der Waals surface area (Å²) in [6.45, 7) is 0.900. The van der Waals surface area contributed by atoms with E-state index in [-0.39, 0.29) is 18.2 Å². The molecule has 0 radical (unpaired) electrons. The Kier molecular flexibility index (Phi) is 6.14. The fourth-order valence-electron chi connectivity index (χ4n) is 2.64. The molecular weight excluding hydrogens is 348 g/mol. The van der Waals surface area contributed by atoms with Gasteiger partial charge in [-0.2, -0.15) is 0 Å². The molecule has 2 aromatic heterocycles. The van der Waals surface area contributed by atoms with Crippen LogP contribution in [0, 0.1) is 0 Å². The van der Waals surface area contributed by atoms with Crippen LogP contribution in [-0.4, -0.2) is 41.6 Å². The third kappa shape index (κ3) is 5.00. The number of furan rings is 1. The molecule has 0 bridgehead atoms. The average molecular weight is 370 g/mol. The van der Waals surface area contributed by atoms with Crippen LogP contribution < -0.4 is 5.32 Å². The number of hydrogen-bond donors (Lipinski definition) is 1. The van der Waals surface area contributed by atoms with Crippen LogP contribution in [0.3, 0.4) is 0 Å². The van der Waals surface area contributed by atoms with Crippen LogP contribution in [0.1, 0.15) is 28.7 Å². The fourth-order valence-corrected chi connectivity index (χ4v) is 3.38. The number of rotatable bonds is 8. The molecule has 0 fully saturated rings. The Hall–Kier alpha value is -2.51. The molecule has 2 heterocycles. The van der Waals surface area contributed by atoms with Crippen molar-refractivity contribution in [3.05, 3.63) is 65.1 Å². The van der Waals surface area contributed by atoms with Gasteiger partial charge in [0.2, 0.25) is 11.0 Å². The second-order valence-corrected chi connectivity index (χ2v) is 7.35. The standard InChI is InChI=1S/C19H22N4O2S/c1-23(2)11-10-18-21-22-19(26-18)20-17(24)13-15(16-9-6-12-25-16)14-7-4-3-5-8-14/h3-9,12,15H,10-11,13H2,1-2H3,(H,20,22,24). The topological polar surface area (TPSA) is 71.3 Å². The Labute approximate surface area is 156 Å². The van der Waals surface area contributed by atoms with Crippen molar-refractivity contribution in [2.45, 2.75) is 18.8 Å². The lowest BCUT2D eigenvalue weighted by Gasteiger charge is -2.14. The van der Waals surface area contributed by atoms with E-state index in [9.17, 15) is 4.79 Å². The Balaban J connectivity index is 1.65. The lowest BCUT2D eigenvalue weighted by Crippen LogP contribution is -2.16. The molecule has 3 aromatic rings. The number of nitrogens with one attached hydrogen (secondary N) is 1. The SMILES string of the molecule is CN(C)CCc1nnc(NC(=O)CC(c2ccccc2)c2ccco2)s1. The molecule has 0 aliphatic heterocycles. The van der Waals surface area contributed by atoms with Crippen LogP contribution in [0.4, 0.5) is 5.13 Å². The van der Waals surface area contributed by atoms with Gasteiger partial charge in [-0.15, -0.1) is 10.2 Å². The number of likely N-dealkylation sites (N-methyl/N-ethyl adjacent to an activating group) is 1. The van der Waals surface area contributed by atoms with E-state index in [4.69, 9.17) is 4.42 Å². The lowest BCUT2D eigenvalue weighted by atomic mass is 9.93. The second-order valence-electron chi connectivity index (χ2n) is 6.29. The van der Waals surface area contributed by atoms with Gasteiger partial charge in [-0.1, -0.05) is 41.7 Å². The van der Waals surface area contributed by atoms with E-state index in [2.05, 4.69) is 20.4 Å². The highest BCUT2D eigenvalue weighted by molar-refractivity contribution is 7.15. The predicted octanol–water partition coefficient (Wildman–Crippen LogP) is 3.40. The van der Waals surface area contributed by atoms with Crippen molar-refractivity contribution in [2.24, 2.45) is 0 Å². The number of amides is 1. The predicted molar refractivity (Wildman–Crippen MR) is 102 cm³/mol. The van der Waals surface area contributed by atoms with Gasteiger partial charge in [-0.3, -0.25) is 4.79 Å². The first-order valence-corrected chi connectivity index (χ1v) is 9.29. The van der Waals surface area contributed by atoms with Gasteiger partial charge < -0.3 is 14.6 Å². The molecule has 0 saturated heterocycles. The summed E-state index contributed by atoms with van der Waals surface area (Å²) in [5.74, 6) is 0.535. The molecular formula is C19H22N4O2S. The normalized spacial score (nSPS) is 12.3. The summed E-state index contributed by atoms with van der Waals surface area (Å²) >= 11 is 1.42. The highest BCUT2D eigenvalue weighted by Gasteiger charge is 2.21. The van der Waals surface area contributed by atoms with Crippen molar-refractivity contribution in [3.8, 4) is 0 Å². The van der Waals surface area contributed by atoms with Gasteiger partial charge in [0.1, 0.15) is 10.8 Å². The maximum absolute atomic E-state index is 12.5. The molecule has 3 rings (SSSR count). The van der Waals surface area contributed by atoms with Crippen LogP contribution in [0.25, 0.3) is 0 Å². The number of carbonyl (C=O) groups is 1. The van der Waals surface area contributed by atoms with Crippen LogP contribution in [0.15, 0.2) is 53.1 Å². The van der Waals surface area contributed by atoms with Gasteiger partial charge in [0, 0.05) is 19.4 Å². The highest BCUT2D eigenvalue weighted by Crippen LogP contribution is 2.29. The van der Waals surface area contributed by atoms with Crippen LogP contribution in [-0.2, 0) is 11.2 Å². The van der Waals surface area contributed by atoms with E-state index in [0.29, 0.717) is 5.13 Å². The summed E-state index contributed by atoms with van der Waals surface area (Å²) in [5, 5.41) is 12.5. The van der Waals surface area contributed by atoms with Crippen LogP contribution >= 0.6 is 11.3 Å². The molecule has 1 amide bonds. The van der Waals surface area contributed by atoms with Crippen molar-refractivity contribution in [1.82, 2.24) is 15.1 Å². The van der Waals surface area contributed by atoms with Crippen molar-refractivity contribution < 1.29 is 9.21 Å². The minimum absolute atomic E-state index is 0.106. The smallest absolute Gasteiger partial charge is 0.227 e. The Morgan fingerprint density at radius 3 is 2.69 bits per heavy atom. The van der Waals surface area contributed by atoms with E-state index < -0.39 is 0 Å². The second kappa shape index (κ2) is 8.73. The first-order valence-electron chi connectivity index (χ1n) is 8.47. The monoisotopic (exact) mass is 370 g/mol. The first kappa shape index (κ1) is 18.3. The van der Waals surface area contributed by atoms with Gasteiger partial charge in [-0.05, 0) is 31.8 Å². The molecule has 1 atom stereocenters. The molecule has 1 N–H and O–H groups in total. The van der Waals surface area contributed by atoms with Gasteiger partial charge in [0.15, 0.2) is 0 Å². The maximum Gasteiger partial charge on any atom is 0.227 e. The zero-order valence-electron chi connectivity index (χ0n) is 14.9. The molecule has 136 valence electrons. The van der Waals surface area contributed by atoms with E-state index in [0.717, 1.165) is 29.3 Å². The van der Waals surface area contributed by atoms with Crippen molar-refractivity contribution in [3.63, 3.8) is 0 Å². The third-order valence-electron chi connectivity index (χ3n) is 3.96. The lowest BCUT2D eigenvalue weighted by molar-refractivity contribution is -0.116. The summed E-state index contributed by atoms with van der Waals surface area (Å²) in [5.41, 5.74) is 1.04.